The Kier molecular flexibility index (Phi) is 3.43. The second kappa shape index (κ2) is 5.01. The molecular formula is C12H8ClFN2O2. The van der Waals surface area contributed by atoms with Gasteiger partial charge in [0.25, 0.3) is 5.91 Å². The molecule has 1 aromatic carbocycles. The number of phenolic OH excluding ortho intramolecular Hbond substituents is 1. The van der Waals surface area contributed by atoms with Crippen LogP contribution in [0.15, 0.2) is 36.5 Å². The molecule has 18 heavy (non-hydrogen) atoms. The standard InChI is InChI=1S/C12H8ClFN2O2/c13-9-2-1-5-15-11(9)16-12(18)8-4-3-7(14)6-10(8)17/h1-6,17H,(H,15,16,18). The predicted octanol–water partition coefficient (Wildman–Crippen LogP) is 2.83. The molecule has 1 aromatic heterocycles. The first-order valence-electron chi connectivity index (χ1n) is 4.98. The number of carbonyl (C=O) groups is 1. The summed E-state index contributed by atoms with van der Waals surface area (Å²) in [5, 5.41) is 12.1. The van der Waals surface area contributed by atoms with Crippen LogP contribution in [-0.2, 0) is 0 Å². The number of benzene rings is 1. The van der Waals surface area contributed by atoms with Crippen LogP contribution in [0, 0.1) is 5.82 Å². The van der Waals surface area contributed by atoms with Crippen molar-refractivity contribution in [3.05, 3.63) is 52.9 Å². The maximum atomic E-state index is 12.8. The molecule has 6 heteroatoms. The van der Waals surface area contributed by atoms with Gasteiger partial charge >= 0.3 is 0 Å². The van der Waals surface area contributed by atoms with Gasteiger partial charge in [-0.1, -0.05) is 11.6 Å². The largest absolute Gasteiger partial charge is 0.507 e. The van der Waals surface area contributed by atoms with Crippen molar-refractivity contribution in [2.24, 2.45) is 0 Å². The van der Waals surface area contributed by atoms with Crippen molar-refractivity contribution in [2.45, 2.75) is 0 Å². The van der Waals surface area contributed by atoms with E-state index in [1.807, 2.05) is 0 Å². The number of nitrogens with one attached hydrogen (secondary N) is 1. The smallest absolute Gasteiger partial charge is 0.260 e. The lowest BCUT2D eigenvalue weighted by Gasteiger charge is -2.07. The summed E-state index contributed by atoms with van der Waals surface area (Å²) in [5.41, 5.74) is -0.0573. The fraction of sp³-hybridized carbons (Fsp3) is 0. The van der Waals surface area contributed by atoms with Gasteiger partial charge in [-0.05, 0) is 24.3 Å². The Balaban J connectivity index is 2.25. The molecule has 0 aliphatic rings. The topological polar surface area (TPSA) is 62.2 Å². The summed E-state index contributed by atoms with van der Waals surface area (Å²) >= 11 is 5.82. The van der Waals surface area contributed by atoms with E-state index in [1.165, 1.54) is 12.3 Å². The summed E-state index contributed by atoms with van der Waals surface area (Å²) < 4.78 is 12.8. The lowest BCUT2D eigenvalue weighted by atomic mass is 10.2. The minimum absolute atomic E-state index is 0.0573. The number of phenols is 1. The summed E-state index contributed by atoms with van der Waals surface area (Å²) in [6.45, 7) is 0. The van der Waals surface area contributed by atoms with Gasteiger partial charge in [0, 0.05) is 12.3 Å². The molecule has 0 saturated carbocycles. The zero-order chi connectivity index (χ0) is 13.1. The van der Waals surface area contributed by atoms with Crippen LogP contribution in [0.25, 0.3) is 0 Å². The Morgan fingerprint density at radius 1 is 1.39 bits per heavy atom. The van der Waals surface area contributed by atoms with Crippen LogP contribution in [0.2, 0.25) is 5.02 Å². The molecule has 0 atom stereocenters. The van der Waals surface area contributed by atoms with Gasteiger partial charge in [0.15, 0.2) is 5.82 Å². The number of hydrogen-bond acceptors (Lipinski definition) is 3. The number of rotatable bonds is 2. The maximum Gasteiger partial charge on any atom is 0.260 e. The van der Waals surface area contributed by atoms with E-state index in [4.69, 9.17) is 11.6 Å². The van der Waals surface area contributed by atoms with Gasteiger partial charge in [0.1, 0.15) is 11.6 Å². The summed E-state index contributed by atoms with van der Waals surface area (Å²) in [6.07, 6.45) is 1.46. The molecule has 0 radical (unpaired) electrons. The molecule has 0 spiro atoms. The third-order valence-corrected chi connectivity index (χ3v) is 2.50. The van der Waals surface area contributed by atoms with Crippen LogP contribution in [0.4, 0.5) is 10.2 Å². The van der Waals surface area contributed by atoms with Crippen molar-refractivity contribution in [2.75, 3.05) is 5.32 Å². The Hall–Kier alpha value is -2.14. The van der Waals surface area contributed by atoms with E-state index in [0.29, 0.717) is 0 Å². The van der Waals surface area contributed by atoms with Gasteiger partial charge in [-0.15, -0.1) is 0 Å². The molecular weight excluding hydrogens is 259 g/mol. The molecule has 92 valence electrons. The Morgan fingerprint density at radius 2 is 2.17 bits per heavy atom. The van der Waals surface area contributed by atoms with Gasteiger partial charge in [-0.25, -0.2) is 9.37 Å². The van der Waals surface area contributed by atoms with Crippen molar-refractivity contribution >= 4 is 23.3 Å². The van der Waals surface area contributed by atoms with Crippen molar-refractivity contribution in [3.8, 4) is 5.75 Å². The molecule has 2 aromatic rings. The molecule has 0 aliphatic carbocycles. The van der Waals surface area contributed by atoms with Crippen LogP contribution < -0.4 is 5.32 Å². The van der Waals surface area contributed by atoms with Gasteiger partial charge in [-0.2, -0.15) is 0 Å². The molecule has 2 rings (SSSR count). The van der Waals surface area contributed by atoms with E-state index in [1.54, 1.807) is 12.1 Å². The highest BCUT2D eigenvalue weighted by atomic mass is 35.5. The molecule has 1 heterocycles. The zero-order valence-electron chi connectivity index (χ0n) is 9.02. The third-order valence-electron chi connectivity index (χ3n) is 2.19. The van der Waals surface area contributed by atoms with Gasteiger partial charge < -0.3 is 10.4 Å². The van der Waals surface area contributed by atoms with Crippen LogP contribution >= 0.6 is 11.6 Å². The number of aromatic hydroxyl groups is 1. The highest BCUT2D eigenvalue weighted by Crippen LogP contribution is 2.22. The molecule has 0 bridgehead atoms. The second-order valence-corrected chi connectivity index (χ2v) is 3.86. The van der Waals surface area contributed by atoms with Crippen molar-refractivity contribution in [3.63, 3.8) is 0 Å². The highest BCUT2D eigenvalue weighted by Gasteiger charge is 2.13. The zero-order valence-corrected chi connectivity index (χ0v) is 9.78. The quantitative estimate of drug-likeness (QED) is 0.879. The van der Waals surface area contributed by atoms with E-state index in [9.17, 15) is 14.3 Å². The first-order chi connectivity index (χ1) is 8.58. The van der Waals surface area contributed by atoms with Crippen molar-refractivity contribution in [1.29, 1.82) is 0 Å². The summed E-state index contributed by atoms with van der Waals surface area (Å²) in [6, 6.07) is 6.29. The average Bonchev–Trinajstić information content (AvgIpc) is 2.32. The number of pyridine rings is 1. The van der Waals surface area contributed by atoms with Crippen LogP contribution in [0.1, 0.15) is 10.4 Å². The molecule has 0 fully saturated rings. The average molecular weight is 267 g/mol. The molecule has 2 N–H and O–H groups in total. The minimum atomic E-state index is -0.625. The van der Waals surface area contributed by atoms with E-state index in [0.717, 1.165) is 12.1 Å². The summed E-state index contributed by atoms with van der Waals surface area (Å²) in [7, 11) is 0. The number of carbonyl (C=O) groups excluding carboxylic acids is 1. The number of amides is 1. The van der Waals surface area contributed by atoms with E-state index in [2.05, 4.69) is 10.3 Å². The SMILES string of the molecule is O=C(Nc1ncccc1Cl)c1ccc(F)cc1O. The van der Waals surface area contributed by atoms with Crippen LogP contribution in [0.3, 0.4) is 0 Å². The Labute approximate surface area is 107 Å². The molecule has 1 amide bonds. The van der Waals surface area contributed by atoms with Gasteiger partial charge in [0.2, 0.25) is 0 Å². The van der Waals surface area contributed by atoms with E-state index in [-0.39, 0.29) is 16.4 Å². The number of halogens is 2. The first kappa shape index (κ1) is 12.3. The molecule has 4 nitrogen and oxygen atoms in total. The molecule has 0 unspecified atom stereocenters. The fourth-order valence-corrected chi connectivity index (χ4v) is 1.52. The fourth-order valence-electron chi connectivity index (χ4n) is 1.35. The lowest BCUT2D eigenvalue weighted by molar-refractivity contribution is 0.102. The second-order valence-electron chi connectivity index (χ2n) is 3.45. The normalized spacial score (nSPS) is 10.1. The minimum Gasteiger partial charge on any atom is -0.507 e. The number of hydrogen-bond donors (Lipinski definition) is 2. The van der Waals surface area contributed by atoms with Crippen molar-refractivity contribution in [1.82, 2.24) is 4.98 Å². The maximum absolute atomic E-state index is 12.8. The van der Waals surface area contributed by atoms with Crippen LogP contribution in [-0.4, -0.2) is 16.0 Å². The van der Waals surface area contributed by atoms with Crippen LogP contribution in [0.5, 0.6) is 5.75 Å². The molecule has 0 saturated heterocycles. The summed E-state index contributed by atoms with van der Waals surface area (Å²) in [5.74, 6) is -1.51. The van der Waals surface area contributed by atoms with Gasteiger partial charge in [-0.3, -0.25) is 4.79 Å². The number of anilines is 1. The third kappa shape index (κ3) is 2.57. The molecule has 0 aliphatic heterocycles. The first-order valence-corrected chi connectivity index (χ1v) is 5.36. The Bertz CT molecular complexity index is 604. The number of aromatic nitrogens is 1. The number of nitrogens with zero attached hydrogens (tertiary/aromatic N) is 1. The van der Waals surface area contributed by atoms with Gasteiger partial charge in [0.05, 0.1) is 10.6 Å². The Morgan fingerprint density at radius 3 is 2.83 bits per heavy atom. The predicted molar refractivity (Wildman–Crippen MR) is 65.3 cm³/mol. The monoisotopic (exact) mass is 266 g/mol. The summed E-state index contributed by atoms with van der Waals surface area (Å²) in [4.78, 5) is 15.7. The lowest BCUT2D eigenvalue weighted by Crippen LogP contribution is -2.13. The highest BCUT2D eigenvalue weighted by molar-refractivity contribution is 6.33. The van der Waals surface area contributed by atoms with E-state index < -0.39 is 17.5 Å². The van der Waals surface area contributed by atoms with E-state index >= 15 is 0 Å². The van der Waals surface area contributed by atoms with Crippen molar-refractivity contribution < 1.29 is 14.3 Å².